The molecule has 2 aromatic rings. The van der Waals surface area contributed by atoms with Crippen LogP contribution >= 0.6 is 0 Å². The van der Waals surface area contributed by atoms with Crippen LogP contribution in [0.1, 0.15) is 44.3 Å². The summed E-state index contributed by atoms with van der Waals surface area (Å²) in [6.07, 6.45) is -0.855. The van der Waals surface area contributed by atoms with Crippen LogP contribution in [0.3, 0.4) is 0 Å². The number of carbonyl (C=O) groups excluding carboxylic acids is 2. The van der Waals surface area contributed by atoms with Gasteiger partial charge in [0.1, 0.15) is 5.75 Å². The van der Waals surface area contributed by atoms with Gasteiger partial charge in [-0.05, 0) is 62.6 Å². The first-order valence-corrected chi connectivity index (χ1v) is 7.80. The van der Waals surface area contributed by atoms with Gasteiger partial charge in [0, 0.05) is 5.56 Å². The van der Waals surface area contributed by atoms with Crippen molar-refractivity contribution >= 4 is 11.8 Å². The molecule has 0 aliphatic heterocycles. The molecule has 0 saturated heterocycles. The van der Waals surface area contributed by atoms with Gasteiger partial charge in [0.2, 0.25) is 5.78 Å². The predicted octanol–water partition coefficient (Wildman–Crippen LogP) is 4.05. The molecule has 0 heterocycles. The molecule has 4 heteroatoms. The highest BCUT2D eigenvalue weighted by atomic mass is 16.5. The van der Waals surface area contributed by atoms with Crippen LogP contribution in [-0.2, 0) is 4.74 Å². The van der Waals surface area contributed by atoms with Crippen LogP contribution in [0.2, 0.25) is 0 Å². The van der Waals surface area contributed by atoms with Crippen LogP contribution in [0.25, 0.3) is 0 Å². The Morgan fingerprint density at radius 1 is 0.875 bits per heavy atom. The number of ketones is 1. The lowest BCUT2D eigenvalue weighted by molar-refractivity contribution is 0.0318. The Balaban J connectivity index is 2.13. The third kappa shape index (κ3) is 3.82. The fraction of sp³-hybridized carbons (Fsp3) is 0.300. The van der Waals surface area contributed by atoms with Crippen molar-refractivity contribution in [1.82, 2.24) is 0 Å². The van der Waals surface area contributed by atoms with E-state index in [0.717, 1.165) is 16.7 Å². The topological polar surface area (TPSA) is 52.6 Å². The van der Waals surface area contributed by atoms with E-state index < -0.39 is 12.1 Å². The Kier molecular flexibility index (Phi) is 5.39. The van der Waals surface area contributed by atoms with Crippen LogP contribution in [0.4, 0.5) is 0 Å². The van der Waals surface area contributed by atoms with Gasteiger partial charge in [-0.2, -0.15) is 0 Å². The first kappa shape index (κ1) is 17.7. The minimum Gasteiger partial charge on any atom is -0.496 e. The number of benzene rings is 2. The van der Waals surface area contributed by atoms with Crippen molar-refractivity contribution in [1.29, 1.82) is 0 Å². The minimum absolute atomic E-state index is 0.217. The molecule has 0 fully saturated rings. The minimum atomic E-state index is -0.855. The normalized spacial score (nSPS) is 11.7. The Morgan fingerprint density at radius 2 is 1.50 bits per heavy atom. The summed E-state index contributed by atoms with van der Waals surface area (Å²) < 4.78 is 10.5. The number of esters is 1. The standard InChI is InChI=1S/C20H22O4/c1-12-6-8-16(10-14(12)3)19(21)15(4)24-20(22)17-9-7-13(2)18(11-17)23-5/h6-11,15H,1-5H3. The van der Waals surface area contributed by atoms with Gasteiger partial charge in [0.15, 0.2) is 6.10 Å². The zero-order chi connectivity index (χ0) is 17.9. The number of rotatable bonds is 5. The summed E-state index contributed by atoms with van der Waals surface area (Å²) in [5, 5.41) is 0. The zero-order valence-electron chi connectivity index (χ0n) is 14.7. The summed E-state index contributed by atoms with van der Waals surface area (Å²) in [6.45, 7) is 7.40. The average Bonchev–Trinajstić information content (AvgIpc) is 2.56. The molecule has 0 aliphatic rings. The summed E-state index contributed by atoms with van der Waals surface area (Å²) in [7, 11) is 1.54. The lowest BCUT2D eigenvalue weighted by Gasteiger charge is -2.14. The molecule has 4 nitrogen and oxygen atoms in total. The Bertz CT molecular complexity index is 777. The maximum Gasteiger partial charge on any atom is 0.338 e. The molecule has 0 aliphatic carbocycles. The molecule has 126 valence electrons. The Hall–Kier alpha value is -2.62. The second-order valence-electron chi connectivity index (χ2n) is 5.90. The molecule has 0 radical (unpaired) electrons. The van der Waals surface area contributed by atoms with Gasteiger partial charge in [-0.1, -0.05) is 18.2 Å². The predicted molar refractivity (Wildman–Crippen MR) is 92.9 cm³/mol. The summed E-state index contributed by atoms with van der Waals surface area (Å²) in [6, 6.07) is 10.5. The van der Waals surface area contributed by atoms with Crippen molar-refractivity contribution in [3.05, 3.63) is 64.2 Å². The maximum absolute atomic E-state index is 12.5. The number of methoxy groups -OCH3 is 1. The van der Waals surface area contributed by atoms with E-state index in [4.69, 9.17) is 9.47 Å². The van der Waals surface area contributed by atoms with Gasteiger partial charge in [-0.25, -0.2) is 4.79 Å². The average molecular weight is 326 g/mol. The summed E-state index contributed by atoms with van der Waals surface area (Å²) in [5.41, 5.74) is 3.97. The highest BCUT2D eigenvalue weighted by Gasteiger charge is 2.21. The van der Waals surface area contributed by atoms with Gasteiger partial charge < -0.3 is 9.47 Å². The third-order valence-electron chi connectivity index (χ3n) is 4.09. The van der Waals surface area contributed by atoms with E-state index in [-0.39, 0.29) is 5.78 Å². The molecule has 1 atom stereocenters. The molecule has 0 N–H and O–H groups in total. The fourth-order valence-electron chi connectivity index (χ4n) is 2.36. The number of hydrogen-bond acceptors (Lipinski definition) is 4. The molecule has 24 heavy (non-hydrogen) atoms. The molecule has 0 aromatic heterocycles. The molecular formula is C20H22O4. The lowest BCUT2D eigenvalue weighted by atomic mass is 10.0. The van der Waals surface area contributed by atoms with Crippen LogP contribution in [0.5, 0.6) is 5.75 Å². The Labute approximate surface area is 142 Å². The van der Waals surface area contributed by atoms with E-state index in [1.807, 2.05) is 32.9 Å². The summed E-state index contributed by atoms with van der Waals surface area (Å²) >= 11 is 0. The second-order valence-corrected chi connectivity index (χ2v) is 5.90. The van der Waals surface area contributed by atoms with E-state index in [9.17, 15) is 9.59 Å². The van der Waals surface area contributed by atoms with Crippen molar-refractivity contribution < 1.29 is 19.1 Å². The largest absolute Gasteiger partial charge is 0.496 e. The van der Waals surface area contributed by atoms with E-state index >= 15 is 0 Å². The van der Waals surface area contributed by atoms with E-state index in [2.05, 4.69) is 0 Å². The van der Waals surface area contributed by atoms with E-state index in [1.165, 1.54) is 0 Å². The smallest absolute Gasteiger partial charge is 0.338 e. The number of carbonyl (C=O) groups is 2. The van der Waals surface area contributed by atoms with Crippen molar-refractivity contribution in [2.75, 3.05) is 7.11 Å². The molecule has 0 amide bonds. The monoisotopic (exact) mass is 326 g/mol. The fourth-order valence-corrected chi connectivity index (χ4v) is 2.36. The molecule has 1 unspecified atom stereocenters. The number of ether oxygens (including phenoxy) is 2. The quantitative estimate of drug-likeness (QED) is 0.614. The highest BCUT2D eigenvalue weighted by molar-refractivity contribution is 6.01. The van der Waals surface area contributed by atoms with Gasteiger partial charge in [-0.15, -0.1) is 0 Å². The van der Waals surface area contributed by atoms with Crippen LogP contribution in [-0.4, -0.2) is 25.0 Å². The van der Waals surface area contributed by atoms with Gasteiger partial charge in [-0.3, -0.25) is 4.79 Å². The summed E-state index contributed by atoms with van der Waals surface area (Å²) in [5.74, 6) is -0.152. The number of Topliss-reactive ketones (excluding diaryl/α,β-unsaturated/α-hetero) is 1. The maximum atomic E-state index is 12.5. The van der Waals surface area contributed by atoms with E-state index in [0.29, 0.717) is 16.9 Å². The van der Waals surface area contributed by atoms with Gasteiger partial charge in [0.05, 0.1) is 12.7 Å². The van der Waals surface area contributed by atoms with Crippen LogP contribution < -0.4 is 4.74 Å². The highest BCUT2D eigenvalue weighted by Crippen LogP contribution is 2.20. The lowest BCUT2D eigenvalue weighted by Crippen LogP contribution is -2.24. The molecule has 0 saturated carbocycles. The third-order valence-corrected chi connectivity index (χ3v) is 4.09. The molecule has 0 bridgehead atoms. The van der Waals surface area contributed by atoms with Crippen molar-refractivity contribution in [3.8, 4) is 5.75 Å². The zero-order valence-corrected chi connectivity index (χ0v) is 14.7. The van der Waals surface area contributed by atoms with Crippen molar-refractivity contribution in [2.45, 2.75) is 33.8 Å². The van der Waals surface area contributed by atoms with E-state index in [1.54, 1.807) is 38.3 Å². The number of hydrogen-bond donors (Lipinski definition) is 0. The van der Waals surface area contributed by atoms with Crippen LogP contribution in [0, 0.1) is 20.8 Å². The summed E-state index contributed by atoms with van der Waals surface area (Å²) in [4.78, 5) is 24.7. The number of aryl methyl sites for hydroxylation is 3. The van der Waals surface area contributed by atoms with Crippen molar-refractivity contribution in [2.24, 2.45) is 0 Å². The van der Waals surface area contributed by atoms with Gasteiger partial charge in [0.25, 0.3) is 0 Å². The van der Waals surface area contributed by atoms with Crippen molar-refractivity contribution in [3.63, 3.8) is 0 Å². The van der Waals surface area contributed by atoms with Crippen LogP contribution in [0.15, 0.2) is 36.4 Å². The van der Waals surface area contributed by atoms with Gasteiger partial charge >= 0.3 is 5.97 Å². The molecule has 2 rings (SSSR count). The molecular weight excluding hydrogens is 304 g/mol. The molecule has 0 spiro atoms. The SMILES string of the molecule is COc1cc(C(=O)OC(C)C(=O)c2ccc(C)c(C)c2)ccc1C. The second kappa shape index (κ2) is 7.30. The first-order valence-electron chi connectivity index (χ1n) is 7.80. The molecule has 2 aromatic carbocycles. The first-order chi connectivity index (χ1) is 11.3. The Morgan fingerprint density at radius 3 is 2.12 bits per heavy atom.